The minimum atomic E-state index is -0.527. The van der Waals surface area contributed by atoms with Gasteiger partial charge in [0.05, 0.1) is 12.0 Å². The lowest BCUT2D eigenvalue weighted by molar-refractivity contribution is 0.0523. The van der Waals surface area contributed by atoms with Crippen LogP contribution in [0.25, 0.3) is 43.3 Å². The Kier molecular flexibility index (Phi) is 6.52. The van der Waals surface area contributed by atoms with Crippen molar-refractivity contribution in [3.63, 3.8) is 0 Å². The number of amides is 1. The van der Waals surface area contributed by atoms with Gasteiger partial charge in [-0.25, -0.2) is 19.7 Å². The van der Waals surface area contributed by atoms with Gasteiger partial charge in [-0.15, -0.1) is 11.3 Å². The van der Waals surface area contributed by atoms with E-state index in [4.69, 9.17) is 14.7 Å². The van der Waals surface area contributed by atoms with Gasteiger partial charge in [0.1, 0.15) is 16.1 Å². The summed E-state index contributed by atoms with van der Waals surface area (Å²) < 4.78 is 7.23. The van der Waals surface area contributed by atoms with Crippen LogP contribution >= 0.6 is 11.3 Å². The van der Waals surface area contributed by atoms with Gasteiger partial charge >= 0.3 is 6.09 Å². The van der Waals surface area contributed by atoms with Gasteiger partial charge in [-0.3, -0.25) is 0 Å². The molecular formula is C29H29N5O2S. The number of nitrogens with zero attached hydrogens (tertiary/aromatic N) is 4. The van der Waals surface area contributed by atoms with Crippen molar-refractivity contribution >= 4 is 27.6 Å². The van der Waals surface area contributed by atoms with Gasteiger partial charge in [0.15, 0.2) is 5.82 Å². The smallest absolute Gasteiger partial charge is 0.407 e. The summed E-state index contributed by atoms with van der Waals surface area (Å²) in [4.78, 5) is 28.3. The first-order chi connectivity index (χ1) is 17.7. The highest BCUT2D eigenvalue weighted by molar-refractivity contribution is 7.22. The zero-order valence-electron chi connectivity index (χ0n) is 21.6. The number of alkyl carbamates (subject to hydrolysis) is 1. The van der Waals surface area contributed by atoms with Crippen LogP contribution in [0, 0.1) is 6.92 Å². The van der Waals surface area contributed by atoms with E-state index in [0.717, 1.165) is 48.7 Å². The first kappa shape index (κ1) is 24.6. The highest BCUT2D eigenvalue weighted by Crippen LogP contribution is 2.45. The fraction of sp³-hybridized carbons (Fsp3) is 0.241. The summed E-state index contributed by atoms with van der Waals surface area (Å²) in [7, 11) is 1.94. The van der Waals surface area contributed by atoms with E-state index in [1.54, 1.807) is 17.7 Å². The van der Waals surface area contributed by atoms with Crippen molar-refractivity contribution in [3.8, 4) is 33.1 Å². The maximum absolute atomic E-state index is 12.0. The van der Waals surface area contributed by atoms with Crippen molar-refractivity contribution in [1.29, 1.82) is 0 Å². The summed E-state index contributed by atoms with van der Waals surface area (Å²) in [6.07, 6.45) is 3.26. The fourth-order valence-electron chi connectivity index (χ4n) is 4.16. The fourth-order valence-corrected chi connectivity index (χ4v) is 5.41. The zero-order valence-corrected chi connectivity index (χ0v) is 22.4. The molecule has 0 fully saturated rings. The average molecular weight is 512 g/mol. The molecule has 37 heavy (non-hydrogen) atoms. The van der Waals surface area contributed by atoms with E-state index in [2.05, 4.69) is 34.6 Å². The third-order valence-electron chi connectivity index (χ3n) is 5.78. The molecule has 3 heterocycles. The second-order valence-electron chi connectivity index (χ2n) is 9.96. The number of benzene rings is 2. The van der Waals surface area contributed by atoms with E-state index in [9.17, 15) is 4.79 Å². The number of hydrogen-bond acceptors (Lipinski definition) is 6. The summed E-state index contributed by atoms with van der Waals surface area (Å²) in [6, 6.07) is 18.6. The van der Waals surface area contributed by atoms with Crippen LogP contribution in [0.15, 0.2) is 67.1 Å². The van der Waals surface area contributed by atoms with Crippen LogP contribution in [-0.2, 0) is 18.3 Å². The highest BCUT2D eigenvalue weighted by Gasteiger charge is 2.21. The maximum Gasteiger partial charge on any atom is 0.407 e. The zero-order chi connectivity index (χ0) is 26.2. The van der Waals surface area contributed by atoms with E-state index in [0.29, 0.717) is 12.4 Å². The third kappa shape index (κ3) is 5.39. The molecule has 0 bridgehead atoms. The van der Waals surface area contributed by atoms with Crippen LogP contribution < -0.4 is 5.32 Å². The molecule has 0 saturated carbocycles. The molecule has 0 aliphatic carbocycles. The van der Waals surface area contributed by atoms with Crippen molar-refractivity contribution in [1.82, 2.24) is 24.8 Å². The number of aryl methyl sites for hydroxylation is 2. The Labute approximate surface area is 220 Å². The molecule has 7 nitrogen and oxygen atoms in total. The molecule has 1 amide bonds. The Morgan fingerprint density at radius 3 is 2.41 bits per heavy atom. The maximum atomic E-state index is 12.0. The molecule has 0 atom stereocenters. The lowest BCUT2D eigenvalue weighted by Crippen LogP contribution is -2.32. The molecule has 0 spiro atoms. The van der Waals surface area contributed by atoms with Gasteiger partial charge in [-0.1, -0.05) is 54.6 Å². The molecule has 3 aromatic heterocycles. The average Bonchev–Trinajstić information content (AvgIpc) is 3.47. The predicted octanol–water partition coefficient (Wildman–Crippen LogP) is 6.76. The van der Waals surface area contributed by atoms with Crippen LogP contribution in [0.2, 0.25) is 0 Å². The van der Waals surface area contributed by atoms with Crippen molar-refractivity contribution in [2.45, 2.75) is 39.8 Å². The Balaban J connectivity index is 1.53. The summed E-state index contributed by atoms with van der Waals surface area (Å²) in [5.41, 5.74) is 5.48. The first-order valence-corrected chi connectivity index (χ1v) is 12.9. The minimum Gasteiger partial charge on any atom is -0.444 e. The van der Waals surface area contributed by atoms with Gasteiger partial charge < -0.3 is 14.6 Å². The SMILES string of the molecule is Cc1nc(-c2cn(C)cn2)nc2sc(-c3ccc(CNC(=O)OC(C)(C)C)cc3)c(-c3ccccc3)c12. The van der Waals surface area contributed by atoms with Gasteiger partial charge in [-0.05, 0) is 44.4 Å². The van der Waals surface area contributed by atoms with Gasteiger partial charge in [0.25, 0.3) is 0 Å². The molecule has 5 aromatic rings. The van der Waals surface area contributed by atoms with Gasteiger partial charge in [0, 0.05) is 35.6 Å². The molecule has 8 heteroatoms. The second kappa shape index (κ2) is 9.78. The Morgan fingerprint density at radius 2 is 1.76 bits per heavy atom. The standard InChI is InChI=1S/C29H29N5O2S/c1-18-23-24(20-9-7-6-8-10-20)25(37-27(23)33-26(32-18)22-16-34(5)17-31-22)21-13-11-19(12-14-21)15-30-28(35)36-29(2,3)4/h6-14,16-17H,15H2,1-5H3,(H,30,35). The number of nitrogens with one attached hydrogen (secondary N) is 1. The predicted molar refractivity (Wildman–Crippen MR) is 148 cm³/mol. The van der Waals surface area contributed by atoms with Crippen molar-refractivity contribution in [3.05, 3.63) is 78.4 Å². The second-order valence-corrected chi connectivity index (χ2v) is 11.0. The molecule has 0 unspecified atom stereocenters. The molecule has 0 saturated heterocycles. The summed E-state index contributed by atoms with van der Waals surface area (Å²) >= 11 is 1.66. The van der Waals surface area contributed by atoms with Crippen LogP contribution in [-0.4, -0.2) is 31.2 Å². The Hall–Kier alpha value is -4.04. The normalized spacial score (nSPS) is 11.6. The molecule has 0 aliphatic rings. The molecular weight excluding hydrogens is 482 g/mol. The van der Waals surface area contributed by atoms with E-state index < -0.39 is 11.7 Å². The van der Waals surface area contributed by atoms with E-state index in [-0.39, 0.29) is 0 Å². The number of imidazole rings is 1. The molecule has 0 radical (unpaired) electrons. The molecule has 188 valence electrons. The number of thiophene rings is 1. The number of ether oxygens (including phenoxy) is 1. The van der Waals surface area contributed by atoms with Crippen molar-refractivity contribution < 1.29 is 9.53 Å². The summed E-state index contributed by atoms with van der Waals surface area (Å²) in [5.74, 6) is 0.626. The number of carbonyl (C=O) groups is 1. The topological polar surface area (TPSA) is 81.9 Å². The minimum absolute atomic E-state index is 0.394. The van der Waals surface area contributed by atoms with Crippen molar-refractivity contribution in [2.75, 3.05) is 0 Å². The van der Waals surface area contributed by atoms with Gasteiger partial charge in [-0.2, -0.15) is 0 Å². The van der Waals surface area contributed by atoms with E-state index in [1.165, 1.54) is 0 Å². The summed E-state index contributed by atoms with van der Waals surface area (Å²) in [5, 5.41) is 3.88. The van der Waals surface area contributed by atoms with E-state index in [1.807, 2.05) is 75.8 Å². The monoisotopic (exact) mass is 511 g/mol. The van der Waals surface area contributed by atoms with E-state index >= 15 is 0 Å². The quantitative estimate of drug-likeness (QED) is 0.282. The number of aromatic nitrogens is 4. The highest BCUT2D eigenvalue weighted by atomic mass is 32.1. The van der Waals surface area contributed by atoms with Gasteiger partial charge in [0.2, 0.25) is 0 Å². The number of carbonyl (C=O) groups excluding carboxylic acids is 1. The lowest BCUT2D eigenvalue weighted by Gasteiger charge is -2.19. The molecule has 1 N–H and O–H groups in total. The third-order valence-corrected chi connectivity index (χ3v) is 6.91. The van der Waals surface area contributed by atoms with Crippen LogP contribution in [0.3, 0.4) is 0 Å². The Bertz CT molecular complexity index is 1560. The summed E-state index contributed by atoms with van der Waals surface area (Å²) in [6.45, 7) is 7.97. The van der Waals surface area contributed by atoms with Crippen LogP contribution in [0.5, 0.6) is 0 Å². The lowest BCUT2D eigenvalue weighted by atomic mass is 9.98. The van der Waals surface area contributed by atoms with Crippen molar-refractivity contribution in [2.24, 2.45) is 7.05 Å². The number of hydrogen-bond donors (Lipinski definition) is 1. The number of rotatable bonds is 5. The van der Waals surface area contributed by atoms with Crippen LogP contribution in [0.4, 0.5) is 4.79 Å². The van der Waals surface area contributed by atoms with Crippen LogP contribution in [0.1, 0.15) is 32.0 Å². The number of fused-ring (bicyclic) bond motifs is 1. The molecule has 2 aromatic carbocycles. The molecule has 0 aliphatic heterocycles. The largest absolute Gasteiger partial charge is 0.444 e. The Morgan fingerprint density at radius 1 is 1.03 bits per heavy atom. The molecule has 5 rings (SSSR count). The first-order valence-electron chi connectivity index (χ1n) is 12.1.